The SMILES string of the molecule is CCNc1ncnc(NCCn2ccnc2)c1Br. The fourth-order valence-electron chi connectivity index (χ4n) is 1.51. The average Bonchev–Trinajstić information content (AvgIpc) is 2.87. The van der Waals surface area contributed by atoms with Crippen molar-refractivity contribution in [3.8, 4) is 0 Å². The molecule has 6 nitrogen and oxygen atoms in total. The van der Waals surface area contributed by atoms with Crippen LogP contribution in [-0.4, -0.2) is 32.6 Å². The Balaban J connectivity index is 1.94. The van der Waals surface area contributed by atoms with Gasteiger partial charge >= 0.3 is 0 Å². The number of rotatable bonds is 6. The molecule has 0 saturated carbocycles. The summed E-state index contributed by atoms with van der Waals surface area (Å²) in [6.45, 7) is 4.47. The summed E-state index contributed by atoms with van der Waals surface area (Å²) in [5.74, 6) is 1.60. The molecule has 0 fully saturated rings. The smallest absolute Gasteiger partial charge is 0.146 e. The van der Waals surface area contributed by atoms with Crippen molar-refractivity contribution >= 4 is 27.6 Å². The van der Waals surface area contributed by atoms with Gasteiger partial charge in [0.2, 0.25) is 0 Å². The van der Waals surface area contributed by atoms with Gasteiger partial charge in [-0.3, -0.25) is 0 Å². The van der Waals surface area contributed by atoms with Crippen LogP contribution in [0.5, 0.6) is 0 Å². The molecule has 0 aliphatic carbocycles. The second kappa shape index (κ2) is 6.34. The van der Waals surface area contributed by atoms with Crippen LogP contribution < -0.4 is 10.6 Å². The molecule has 7 heteroatoms. The van der Waals surface area contributed by atoms with Crippen LogP contribution in [-0.2, 0) is 6.54 Å². The van der Waals surface area contributed by atoms with Gasteiger partial charge in [0.05, 0.1) is 6.33 Å². The van der Waals surface area contributed by atoms with Crippen molar-refractivity contribution < 1.29 is 0 Å². The molecule has 18 heavy (non-hydrogen) atoms. The van der Waals surface area contributed by atoms with E-state index < -0.39 is 0 Å². The Bertz CT molecular complexity index is 484. The standard InChI is InChI=1S/C11H15BrN6/c1-2-14-10-9(12)11(17-7-16-10)15-4-6-18-5-3-13-8-18/h3,5,7-8H,2,4,6H2,1H3,(H2,14,15,16,17). The van der Waals surface area contributed by atoms with Gasteiger partial charge in [-0.1, -0.05) is 0 Å². The number of imidazole rings is 1. The monoisotopic (exact) mass is 310 g/mol. The van der Waals surface area contributed by atoms with Gasteiger partial charge in [-0.15, -0.1) is 0 Å². The Labute approximate surface area is 114 Å². The first-order chi connectivity index (χ1) is 8.81. The first kappa shape index (κ1) is 12.8. The fraction of sp³-hybridized carbons (Fsp3) is 0.364. The summed E-state index contributed by atoms with van der Waals surface area (Å²) < 4.78 is 2.87. The zero-order valence-corrected chi connectivity index (χ0v) is 11.7. The lowest BCUT2D eigenvalue weighted by atomic mass is 10.5. The van der Waals surface area contributed by atoms with E-state index in [-0.39, 0.29) is 0 Å². The van der Waals surface area contributed by atoms with E-state index in [0.29, 0.717) is 0 Å². The van der Waals surface area contributed by atoms with Crippen molar-refractivity contribution in [1.29, 1.82) is 0 Å². The van der Waals surface area contributed by atoms with Crippen LogP contribution in [0.15, 0.2) is 29.5 Å². The molecule has 96 valence electrons. The molecule has 0 bridgehead atoms. The molecule has 0 aliphatic heterocycles. The van der Waals surface area contributed by atoms with Crippen LogP contribution in [0.3, 0.4) is 0 Å². The van der Waals surface area contributed by atoms with Gasteiger partial charge in [0.15, 0.2) is 0 Å². The predicted octanol–water partition coefficient (Wildman–Crippen LogP) is 1.98. The van der Waals surface area contributed by atoms with E-state index in [9.17, 15) is 0 Å². The maximum atomic E-state index is 4.21. The average molecular weight is 311 g/mol. The molecule has 0 amide bonds. The van der Waals surface area contributed by atoms with Crippen molar-refractivity contribution in [2.75, 3.05) is 23.7 Å². The van der Waals surface area contributed by atoms with Gasteiger partial charge in [-0.2, -0.15) is 0 Å². The Hall–Kier alpha value is -1.63. The number of anilines is 2. The number of hydrogen-bond donors (Lipinski definition) is 2. The van der Waals surface area contributed by atoms with Crippen molar-refractivity contribution in [2.45, 2.75) is 13.5 Å². The van der Waals surface area contributed by atoms with Crippen LogP contribution in [0.4, 0.5) is 11.6 Å². The third kappa shape index (κ3) is 3.19. The lowest BCUT2D eigenvalue weighted by molar-refractivity contribution is 0.725. The molecule has 0 aromatic carbocycles. The third-order valence-electron chi connectivity index (χ3n) is 2.36. The van der Waals surface area contributed by atoms with Crippen LogP contribution in [0.2, 0.25) is 0 Å². The second-order valence-electron chi connectivity index (χ2n) is 3.64. The molecule has 2 heterocycles. The van der Waals surface area contributed by atoms with Crippen LogP contribution in [0.1, 0.15) is 6.92 Å². The van der Waals surface area contributed by atoms with E-state index in [1.54, 1.807) is 18.9 Å². The van der Waals surface area contributed by atoms with E-state index in [2.05, 4.69) is 41.5 Å². The van der Waals surface area contributed by atoms with Gasteiger partial charge in [0, 0.05) is 32.0 Å². The molecular formula is C11H15BrN6. The molecule has 2 N–H and O–H groups in total. The molecule has 2 aromatic heterocycles. The Morgan fingerprint density at radius 2 is 2.06 bits per heavy atom. The summed E-state index contributed by atoms with van der Waals surface area (Å²) in [5, 5.41) is 6.43. The maximum absolute atomic E-state index is 4.21. The third-order valence-corrected chi connectivity index (χ3v) is 3.11. The van der Waals surface area contributed by atoms with Crippen LogP contribution in [0, 0.1) is 0 Å². The fourth-order valence-corrected chi connectivity index (χ4v) is 1.99. The normalized spacial score (nSPS) is 10.3. The number of hydrogen-bond acceptors (Lipinski definition) is 5. The van der Waals surface area contributed by atoms with Gasteiger partial charge in [0.1, 0.15) is 22.4 Å². The Morgan fingerprint density at radius 1 is 1.28 bits per heavy atom. The highest BCUT2D eigenvalue weighted by molar-refractivity contribution is 9.10. The van der Waals surface area contributed by atoms with Crippen molar-refractivity contribution in [2.24, 2.45) is 0 Å². The van der Waals surface area contributed by atoms with E-state index in [0.717, 1.165) is 35.7 Å². The Kier molecular flexibility index (Phi) is 4.52. The Morgan fingerprint density at radius 3 is 2.72 bits per heavy atom. The topological polar surface area (TPSA) is 67.7 Å². The van der Waals surface area contributed by atoms with Crippen LogP contribution in [0.25, 0.3) is 0 Å². The zero-order valence-electron chi connectivity index (χ0n) is 10.1. The summed E-state index contributed by atoms with van der Waals surface area (Å²) in [5.41, 5.74) is 0. The molecule has 2 aromatic rings. The molecule has 0 saturated heterocycles. The highest BCUT2D eigenvalue weighted by Crippen LogP contribution is 2.25. The summed E-state index contributed by atoms with van der Waals surface area (Å²) in [4.78, 5) is 12.4. The number of nitrogens with one attached hydrogen (secondary N) is 2. The molecule has 0 atom stereocenters. The van der Waals surface area contributed by atoms with Gasteiger partial charge in [-0.05, 0) is 22.9 Å². The highest BCUT2D eigenvalue weighted by Gasteiger charge is 2.06. The molecular weight excluding hydrogens is 296 g/mol. The molecule has 0 radical (unpaired) electrons. The van der Waals surface area contributed by atoms with Crippen LogP contribution >= 0.6 is 15.9 Å². The molecule has 2 rings (SSSR count). The van der Waals surface area contributed by atoms with Crippen molar-refractivity contribution in [3.63, 3.8) is 0 Å². The van der Waals surface area contributed by atoms with Gasteiger partial charge in [0.25, 0.3) is 0 Å². The van der Waals surface area contributed by atoms with E-state index >= 15 is 0 Å². The van der Waals surface area contributed by atoms with E-state index in [4.69, 9.17) is 0 Å². The number of halogens is 1. The lowest BCUT2D eigenvalue weighted by Gasteiger charge is -2.10. The first-order valence-corrected chi connectivity index (χ1v) is 6.54. The lowest BCUT2D eigenvalue weighted by Crippen LogP contribution is -2.11. The first-order valence-electron chi connectivity index (χ1n) is 5.75. The summed E-state index contributed by atoms with van der Waals surface area (Å²) in [6, 6.07) is 0. The molecule has 0 aliphatic rings. The summed E-state index contributed by atoms with van der Waals surface area (Å²) in [6.07, 6.45) is 7.04. The molecule has 0 spiro atoms. The van der Waals surface area contributed by atoms with Gasteiger partial charge in [-0.25, -0.2) is 15.0 Å². The van der Waals surface area contributed by atoms with Gasteiger partial charge < -0.3 is 15.2 Å². The summed E-state index contributed by atoms with van der Waals surface area (Å²) >= 11 is 3.49. The number of aromatic nitrogens is 4. The highest BCUT2D eigenvalue weighted by atomic mass is 79.9. The zero-order chi connectivity index (χ0) is 12.8. The minimum absolute atomic E-state index is 0.775. The maximum Gasteiger partial charge on any atom is 0.146 e. The van der Waals surface area contributed by atoms with Crippen molar-refractivity contribution in [3.05, 3.63) is 29.5 Å². The van der Waals surface area contributed by atoms with E-state index in [1.165, 1.54) is 0 Å². The quantitative estimate of drug-likeness (QED) is 0.854. The number of nitrogens with zero attached hydrogens (tertiary/aromatic N) is 4. The van der Waals surface area contributed by atoms with E-state index in [1.807, 2.05) is 17.7 Å². The minimum Gasteiger partial charge on any atom is -0.369 e. The summed E-state index contributed by atoms with van der Waals surface area (Å²) in [7, 11) is 0. The largest absolute Gasteiger partial charge is 0.369 e. The molecule has 0 unspecified atom stereocenters. The second-order valence-corrected chi connectivity index (χ2v) is 4.44. The minimum atomic E-state index is 0.775. The predicted molar refractivity (Wildman–Crippen MR) is 74.6 cm³/mol. The van der Waals surface area contributed by atoms with Crippen molar-refractivity contribution in [1.82, 2.24) is 19.5 Å².